The van der Waals surface area contributed by atoms with E-state index in [1.54, 1.807) is 12.1 Å². The van der Waals surface area contributed by atoms with Crippen LogP contribution < -0.4 is 11.1 Å². The average molecular weight is 281 g/mol. The van der Waals surface area contributed by atoms with Gasteiger partial charge in [0.05, 0.1) is 21.4 Å². The summed E-state index contributed by atoms with van der Waals surface area (Å²) >= 11 is 11.9. The fraction of sp³-hybridized carbons (Fsp3) is 0.143. The van der Waals surface area contributed by atoms with Crippen molar-refractivity contribution < 1.29 is 0 Å². The minimum atomic E-state index is 0.460. The molecule has 3 N–H and O–H groups in total. The van der Waals surface area contributed by atoms with Crippen molar-refractivity contribution in [2.24, 2.45) is 0 Å². The van der Waals surface area contributed by atoms with Crippen LogP contribution in [0.4, 0.5) is 17.1 Å². The number of benzene rings is 2. The van der Waals surface area contributed by atoms with Gasteiger partial charge in [0.25, 0.3) is 0 Å². The number of rotatable bonds is 3. The highest BCUT2D eigenvalue weighted by Crippen LogP contribution is 2.32. The molecule has 0 amide bonds. The van der Waals surface area contributed by atoms with E-state index in [1.165, 1.54) is 5.56 Å². The van der Waals surface area contributed by atoms with Gasteiger partial charge in [-0.15, -0.1) is 0 Å². The highest BCUT2D eigenvalue weighted by Gasteiger charge is 2.05. The molecule has 2 aromatic rings. The molecule has 2 nitrogen and oxygen atoms in total. The molecular formula is C14H14Cl2N2. The van der Waals surface area contributed by atoms with Gasteiger partial charge in [0.15, 0.2) is 0 Å². The normalized spacial score (nSPS) is 10.4. The number of halogens is 2. The molecule has 0 aliphatic heterocycles. The molecule has 0 atom stereocenters. The Morgan fingerprint density at radius 1 is 1.11 bits per heavy atom. The van der Waals surface area contributed by atoms with Gasteiger partial charge in [-0.3, -0.25) is 0 Å². The van der Waals surface area contributed by atoms with Crippen molar-refractivity contribution in [3.8, 4) is 0 Å². The van der Waals surface area contributed by atoms with Crippen LogP contribution in [0.5, 0.6) is 0 Å². The molecule has 0 saturated carbocycles. The van der Waals surface area contributed by atoms with E-state index < -0.39 is 0 Å². The second-order valence-electron chi connectivity index (χ2n) is 4.03. The molecule has 0 aliphatic rings. The van der Waals surface area contributed by atoms with Crippen molar-refractivity contribution in [2.75, 3.05) is 11.1 Å². The van der Waals surface area contributed by atoms with Gasteiger partial charge < -0.3 is 11.1 Å². The van der Waals surface area contributed by atoms with Gasteiger partial charge in [0.2, 0.25) is 0 Å². The maximum Gasteiger partial charge on any atom is 0.0633 e. The first-order valence-electron chi connectivity index (χ1n) is 5.70. The highest BCUT2D eigenvalue weighted by molar-refractivity contribution is 6.42. The standard InChI is InChI=1S/C14H14Cl2N2/c1-2-9-4-3-5-10(6-9)18-14-8-12(16)11(15)7-13(14)17/h3-8,18H,2,17H2,1H3. The molecule has 94 valence electrons. The van der Waals surface area contributed by atoms with Gasteiger partial charge in [0, 0.05) is 5.69 Å². The Labute approximate surface area is 117 Å². The molecule has 0 spiro atoms. The first kappa shape index (κ1) is 13.1. The summed E-state index contributed by atoms with van der Waals surface area (Å²) in [5.74, 6) is 0. The fourth-order valence-electron chi connectivity index (χ4n) is 1.69. The number of hydrogen-bond acceptors (Lipinski definition) is 2. The van der Waals surface area contributed by atoms with Crippen molar-refractivity contribution >= 4 is 40.3 Å². The summed E-state index contributed by atoms with van der Waals surface area (Å²) in [5.41, 5.74) is 9.49. The Morgan fingerprint density at radius 2 is 1.83 bits per heavy atom. The number of nitrogens with two attached hydrogens (primary N) is 1. The summed E-state index contributed by atoms with van der Waals surface area (Å²) in [6, 6.07) is 11.6. The second-order valence-corrected chi connectivity index (χ2v) is 4.85. The molecule has 0 radical (unpaired) electrons. The van der Waals surface area contributed by atoms with Crippen LogP contribution >= 0.6 is 23.2 Å². The van der Waals surface area contributed by atoms with E-state index >= 15 is 0 Å². The zero-order valence-corrected chi connectivity index (χ0v) is 11.5. The van der Waals surface area contributed by atoms with Crippen LogP contribution in [0, 0.1) is 0 Å². The number of anilines is 3. The van der Waals surface area contributed by atoms with E-state index in [2.05, 4.69) is 24.4 Å². The number of nitrogens with one attached hydrogen (secondary N) is 1. The minimum Gasteiger partial charge on any atom is -0.397 e. The third-order valence-corrected chi connectivity index (χ3v) is 3.43. The third kappa shape index (κ3) is 2.89. The Kier molecular flexibility index (Phi) is 4.00. The first-order valence-corrected chi connectivity index (χ1v) is 6.46. The van der Waals surface area contributed by atoms with Crippen LogP contribution in [-0.4, -0.2) is 0 Å². The van der Waals surface area contributed by atoms with Gasteiger partial charge in [-0.2, -0.15) is 0 Å². The lowest BCUT2D eigenvalue weighted by Gasteiger charge is -2.11. The van der Waals surface area contributed by atoms with E-state index in [9.17, 15) is 0 Å². The smallest absolute Gasteiger partial charge is 0.0633 e. The van der Waals surface area contributed by atoms with Gasteiger partial charge in [-0.1, -0.05) is 42.3 Å². The molecule has 18 heavy (non-hydrogen) atoms. The van der Waals surface area contributed by atoms with Gasteiger partial charge in [0.1, 0.15) is 0 Å². The summed E-state index contributed by atoms with van der Waals surface area (Å²) < 4.78 is 0. The predicted octanol–water partition coefficient (Wildman–Crippen LogP) is 4.88. The Balaban J connectivity index is 2.30. The van der Waals surface area contributed by atoms with Crippen LogP contribution in [0.3, 0.4) is 0 Å². The number of nitrogen functional groups attached to an aromatic ring is 1. The third-order valence-electron chi connectivity index (χ3n) is 2.71. The first-order chi connectivity index (χ1) is 8.60. The molecular weight excluding hydrogens is 267 g/mol. The monoisotopic (exact) mass is 280 g/mol. The van der Waals surface area contributed by atoms with Crippen molar-refractivity contribution in [2.45, 2.75) is 13.3 Å². The molecule has 0 aliphatic carbocycles. The van der Waals surface area contributed by atoms with E-state index in [0.29, 0.717) is 15.7 Å². The van der Waals surface area contributed by atoms with Gasteiger partial charge in [-0.25, -0.2) is 0 Å². The predicted molar refractivity (Wildman–Crippen MR) is 80.0 cm³/mol. The molecule has 0 saturated heterocycles. The maximum atomic E-state index is 5.98. The molecule has 4 heteroatoms. The van der Waals surface area contributed by atoms with E-state index in [-0.39, 0.29) is 0 Å². The summed E-state index contributed by atoms with van der Waals surface area (Å²) in [6.07, 6.45) is 0.992. The van der Waals surface area contributed by atoms with Crippen LogP contribution in [0.2, 0.25) is 10.0 Å². The maximum absolute atomic E-state index is 5.98. The molecule has 0 heterocycles. The van der Waals surface area contributed by atoms with Crippen molar-refractivity contribution in [3.63, 3.8) is 0 Å². The lowest BCUT2D eigenvalue weighted by Crippen LogP contribution is -1.97. The van der Waals surface area contributed by atoms with Gasteiger partial charge in [-0.05, 0) is 36.2 Å². The molecule has 2 aromatic carbocycles. The van der Waals surface area contributed by atoms with Crippen molar-refractivity contribution in [3.05, 3.63) is 52.0 Å². The molecule has 2 rings (SSSR count). The zero-order valence-electron chi connectivity index (χ0n) is 10.0. The summed E-state index contributed by atoms with van der Waals surface area (Å²) in [7, 11) is 0. The number of aryl methyl sites for hydroxylation is 1. The minimum absolute atomic E-state index is 0.460. The lowest BCUT2D eigenvalue weighted by molar-refractivity contribution is 1.14. The lowest BCUT2D eigenvalue weighted by atomic mass is 10.1. The molecule has 0 fully saturated rings. The fourth-order valence-corrected chi connectivity index (χ4v) is 2.03. The Morgan fingerprint density at radius 3 is 2.56 bits per heavy atom. The number of hydrogen-bond donors (Lipinski definition) is 2. The largest absolute Gasteiger partial charge is 0.397 e. The topological polar surface area (TPSA) is 38.0 Å². The summed E-state index contributed by atoms with van der Waals surface area (Å²) in [4.78, 5) is 0. The molecule has 0 aromatic heterocycles. The second kappa shape index (κ2) is 5.51. The van der Waals surface area contributed by atoms with Crippen LogP contribution in [0.15, 0.2) is 36.4 Å². The van der Waals surface area contributed by atoms with Crippen molar-refractivity contribution in [1.29, 1.82) is 0 Å². The average Bonchev–Trinajstić information content (AvgIpc) is 2.36. The van der Waals surface area contributed by atoms with Crippen molar-refractivity contribution in [1.82, 2.24) is 0 Å². The molecule has 0 bridgehead atoms. The quantitative estimate of drug-likeness (QED) is 0.787. The van der Waals surface area contributed by atoms with Crippen LogP contribution in [0.1, 0.15) is 12.5 Å². The molecule has 0 unspecified atom stereocenters. The van der Waals surface area contributed by atoms with E-state index in [4.69, 9.17) is 28.9 Å². The Hall–Kier alpha value is -1.38. The van der Waals surface area contributed by atoms with Crippen LogP contribution in [0.25, 0.3) is 0 Å². The summed E-state index contributed by atoms with van der Waals surface area (Å²) in [5, 5.41) is 4.19. The highest BCUT2D eigenvalue weighted by atomic mass is 35.5. The SMILES string of the molecule is CCc1cccc(Nc2cc(Cl)c(Cl)cc2N)c1. The Bertz CT molecular complexity index is 568. The van der Waals surface area contributed by atoms with Crippen LogP contribution in [-0.2, 0) is 6.42 Å². The van der Waals surface area contributed by atoms with E-state index in [1.807, 2.05) is 12.1 Å². The summed E-state index contributed by atoms with van der Waals surface area (Å²) in [6.45, 7) is 2.12. The van der Waals surface area contributed by atoms with Gasteiger partial charge >= 0.3 is 0 Å². The van der Waals surface area contributed by atoms with E-state index in [0.717, 1.165) is 17.8 Å². The zero-order chi connectivity index (χ0) is 13.1.